The van der Waals surface area contributed by atoms with Gasteiger partial charge < -0.3 is 5.21 Å². The Bertz CT molecular complexity index is 689. The van der Waals surface area contributed by atoms with Crippen LogP contribution in [0.2, 0.25) is 0 Å². The van der Waals surface area contributed by atoms with E-state index in [1.165, 1.54) is 24.4 Å². The maximum Gasteiger partial charge on any atom is 0.279 e. The highest BCUT2D eigenvalue weighted by Gasteiger charge is 2.16. The minimum absolute atomic E-state index is 0. The fourth-order valence-electron chi connectivity index (χ4n) is 1.75. The lowest BCUT2D eigenvalue weighted by Crippen LogP contribution is -2.05. The van der Waals surface area contributed by atoms with Gasteiger partial charge in [-0.1, -0.05) is 5.16 Å². The molecule has 2 rings (SSSR count). The van der Waals surface area contributed by atoms with Gasteiger partial charge in [0.2, 0.25) is 0 Å². The van der Waals surface area contributed by atoms with E-state index in [4.69, 9.17) is 5.21 Å². The van der Waals surface area contributed by atoms with Crippen molar-refractivity contribution >= 4 is 30.1 Å². The van der Waals surface area contributed by atoms with Gasteiger partial charge in [-0.05, 0) is 24.3 Å². The molecular weight excluding hydrogens is 298 g/mol. The zero-order chi connectivity index (χ0) is 14.5. The fraction of sp³-hybridized carbons (Fsp3) is 0. The number of oxime groups is 1. The third-order valence-corrected chi connectivity index (χ3v) is 2.66. The van der Waals surface area contributed by atoms with Crippen LogP contribution >= 0.6 is 12.4 Å². The van der Waals surface area contributed by atoms with Gasteiger partial charge in [-0.15, -0.1) is 12.4 Å². The lowest BCUT2D eigenvalue weighted by molar-refractivity contribution is -0.385. The molecule has 1 N–H and O–H groups in total. The van der Waals surface area contributed by atoms with E-state index in [2.05, 4.69) is 10.1 Å². The van der Waals surface area contributed by atoms with E-state index >= 15 is 0 Å². The van der Waals surface area contributed by atoms with Gasteiger partial charge in [0.1, 0.15) is 5.71 Å². The van der Waals surface area contributed by atoms with Gasteiger partial charge in [0.15, 0.2) is 6.29 Å². The lowest BCUT2D eigenvalue weighted by atomic mass is 10.0. The van der Waals surface area contributed by atoms with E-state index in [0.29, 0.717) is 17.4 Å². The Balaban J connectivity index is 0.00000220. The molecule has 2 aromatic rings. The average Bonchev–Trinajstić information content (AvgIpc) is 2.48. The van der Waals surface area contributed by atoms with Crippen molar-refractivity contribution in [3.8, 4) is 0 Å². The molecule has 7 nitrogen and oxygen atoms in total. The van der Waals surface area contributed by atoms with E-state index in [1.807, 2.05) is 0 Å². The van der Waals surface area contributed by atoms with E-state index in [1.54, 1.807) is 18.3 Å². The minimum atomic E-state index is -0.645. The van der Waals surface area contributed by atoms with Gasteiger partial charge in [-0.2, -0.15) is 0 Å². The molecule has 8 heteroatoms. The van der Waals surface area contributed by atoms with Crippen LogP contribution in [0.5, 0.6) is 0 Å². The van der Waals surface area contributed by atoms with Crippen molar-refractivity contribution in [2.45, 2.75) is 0 Å². The molecule has 0 aliphatic rings. The summed E-state index contributed by atoms with van der Waals surface area (Å²) in [6.45, 7) is 0. The molecule has 0 saturated carbocycles. The number of nitro benzene ring substituents is 1. The van der Waals surface area contributed by atoms with Crippen LogP contribution in [0.1, 0.15) is 21.5 Å². The van der Waals surface area contributed by atoms with Gasteiger partial charge in [-0.25, -0.2) is 0 Å². The molecule has 1 aromatic heterocycles. The minimum Gasteiger partial charge on any atom is -0.410 e. The SMILES string of the molecule is Cl.O=Cc1cc(C(=NO)c2cccnc2)ccc1[N+](=O)[O-]. The van der Waals surface area contributed by atoms with Crippen LogP contribution < -0.4 is 0 Å². The smallest absolute Gasteiger partial charge is 0.279 e. The van der Waals surface area contributed by atoms with Crippen LogP contribution in [-0.4, -0.2) is 27.1 Å². The van der Waals surface area contributed by atoms with Crippen molar-refractivity contribution in [3.05, 3.63) is 69.5 Å². The van der Waals surface area contributed by atoms with Crippen LogP contribution in [0.3, 0.4) is 0 Å². The maximum absolute atomic E-state index is 10.9. The van der Waals surface area contributed by atoms with Crippen LogP contribution in [-0.2, 0) is 0 Å². The first-order valence-electron chi connectivity index (χ1n) is 5.54. The molecule has 0 fully saturated rings. The quantitative estimate of drug-likeness (QED) is 0.307. The first kappa shape index (κ1) is 16.3. The summed E-state index contributed by atoms with van der Waals surface area (Å²) in [6, 6.07) is 7.23. The largest absolute Gasteiger partial charge is 0.410 e. The fourth-order valence-corrected chi connectivity index (χ4v) is 1.75. The van der Waals surface area contributed by atoms with E-state index in [-0.39, 0.29) is 29.4 Å². The Morgan fingerprint density at radius 1 is 1.33 bits per heavy atom. The number of carbonyl (C=O) groups is 1. The highest BCUT2D eigenvalue weighted by molar-refractivity contribution is 6.13. The molecule has 21 heavy (non-hydrogen) atoms. The number of benzene rings is 1. The van der Waals surface area contributed by atoms with E-state index < -0.39 is 4.92 Å². The number of nitrogens with zero attached hydrogens (tertiary/aromatic N) is 3. The summed E-state index contributed by atoms with van der Waals surface area (Å²) in [7, 11) is 0. The Kier molecular flexibility index (Phi) is 5.50. The Labute approximate surface area is 125 Å². The molecular formula is C13H10ClN3O4. The summed E-state index contributed by atoms with van der Waals surface area (Å²) in [5.41, 5.74) is 0.703. The summed E-state index contributed by atoms with van der Waals surface area (Å²) < 4.78 is 0. The van der Waals surface area contributed by atoms with Gasteiger partial charge in [0.05, 0.1) is 10.5 Å². The van der Waals surface area contributed by atoms with Crippen molar-refractivity contribution in [1.29, 1.82) is 0 Å². The topological polar surface area (TPSA) is 106 Å². The molecule has 1 aromatic carbocycles. The van der Waals surface area contributed by atoms with Crippen LogP contribution in [0.15, 0.2) is 47.9 Å². The van der Waals surface area contributed by atoms with Crippen molar-refractivity contribution in [3.63, 3.8) is 0 Å². The number of aromatic nitrogens is 1. The number of rotatable bonds is 4. The molecule has 1 heterocycles. The average molecular weight is 308 g/mol. The van der Waals surface area contributed by atoms with Crippen molar-refractivity contribution in [1.82, 2.24) is 4.98 Å². The second-order valence-corrected chi connectivity index (χ2v) is 3.84. The second-order valence-electron chi connectivity index (χ2n) is 3.84. The van der Waals surface area contributed by atoms with Gasteiger partial charge in [0.25, 0.3) is 5.69 Å². The Hall–Kier alpha value is -2.80. The molecule has 0 radical (unpaired) electrons. The predicted molar refractivity (Wildman–Crippen MR) is 77.4 cm³/mol. The number of pyridine rings is 1. The highest BCUT2D eigenvalue weighted by Crippen LogP contribution is 2.20. The Morgan fingerprint density at radius 3 is 2.62 bits per heavy atom. The van der Waals surface area contributed by atoms with Crippen molar-refractivity contribution in [2.75, 3.05) is 0 Å². The standard InChI is InChI=1S/C13H9N3O4.ClH/c17-8-11-6-9(3-4-12(11)16(19)20)13(15-18)10-2-1-5-14-7-10;/h1-8,18H;1H. The number of halogens is 1. The Morgan fingerprint density at radius 2 is 2.10 bits per heavy atom. The lowest BCUT2D eigenvalue weighted by Gasteiger charge is -2.05. The highest BCUT2D eigenvalue weighted by atomic mass is 35.5. The third-order valence-electron chi connectivity index (χ3n) is 2.66. The predicted octanol–water partition coefficient (Wildman–Crippen LogP) is 2.45. The third kappa shape index (κ3) is 3.40. The molecule has 0 spiro atoms. The summed E-state index contributed by atoms with van der Waals surface area (Å²) in [5, 5.41) is 23.0. The summed E-state index contributed by atoms with van der Waals surface area (Å²) in [4.78, 5) is 24.9. The number of nitro groups is 1. The zero-order valence-corrected chi connectivity index (χ0v) is 11.4. The number of hydrogen-bond donors (Lipinski definition) is 1. The molecule has 0 bridgehead atoms. The number of aldehydes is 1. The molecule has 0 unspecified atom stereocenters. The van der Waals surface area contributed by atoms with Gasteiger partial charge in [0, 0.05) is 29.6 Å². The summed E-state index contributed by atoms with van der Waals surface area (Å²) in [6.07, 6.45) is 3.43. The number of hydrogen-bond acceptors (Lipinski definition) is 6. The molecule has 0 aliphatic heterocycles. The van der Waals surface area contributed by atoms with Gasteiger partial charge in [-0.3, -0.25) is 19.9 Å². The van der Waals surface area contributed by atoms with Crippen LogP contribution in [0.25, 0.3) is 0 Å². The number of carbonyl (C=O) groups excluding carboxylic acids is 1. The monoisotopic (exact) mass is 307 g/mol. The van der Waals surface area contributed by atoms with Crippen molar-refractivity contribution < 1.29 is 14.9 Å². The van der Waals surface area contributed by atoms with E-state index in [0.717, 1.165) is 0 Å². The normalized spacial score (nSPS) is 10.6. The van der Waals surface area contributed by atoms with E-state index in [9.17, 15) is 14.9 Å². The summed E-state index contributed by atoms with van der Waals surface area (Å²) in [5.74, 6) is 0. The zero-order valence-electron chi connectivity index (χ0n) is 10.5. The second kappa shape index (κ2) is 7.11. The first-order valence-corrected chi connectivity index (χ1v) is 5.54. The molecule has 0 saturated heterocycles. The van der Waals surface area contributed by atoms with Crippen molar-refractivity contribution in [2.24, 2.45) is 5.16 Å². The summed E-state index contributed by atoms with van der Waals surface area (Å²) >= 11 is 0. The van der Waals surface area contributed by atoms with Gasteiger partial charge >= 0.3 is 0 Å². The molecule has 108 valence electrons. The first-order chi connectivity index (χ1) is 9.67. The molecule has 0 atom stereocenters. The molecule has 0 aliphatic carbocycles. The molecule has 0 amide bonds. The van der Waals surface area contributed by atoms with Crippen LogP contribution in [0.4, 0.5) is 5.69 Å². The van der Waals surface area contributed by atoms with Crippen LogP contribution in [0, 0.1) is 10.1 Å². The maximum atomic E-state index is 10.9.